The number of morpholine rings is 1. The van der Waals surface area contributed by atoms with E-state index in [2.05, 4.69) is 9.80 Å². The van der Waals surface area contributed by atoms with E-state index in [1.807, 2.05) is 53.4 Å². The first-order chi connectivity index (χ1) is 17.1. The van der Waals surface area contributed by atoms with Gasteiger partial charge in [0.25, 0.3) is 5.91 Å². The Kier molecular flexibility index (Phi) is 9.50. The predicted octanol–water partition coefficient (Wildman–Crippen LogP) is 1.73. The molecule has 2 aromatic rings. The van der Waals surface area contributed by atoms with E-state index in [0.717, 1.165) is 38.3 Å². The second kappa shape index (κ2) is 13.0. The van der Waals surface area contributed by atoms with E-state index in [9.17, 15) is 9.90 Å². The standard InChI is InChI=1S/C27H37N3O5/c1-33-25-9-5-8-23(16-25)27(32)30-12-10-28(11-13-30)18-26-19-29(14-15-35-26)17-24(31)21-34-20-22-6-3-2-4-7-22/h2-9,16,24,26,31H,10-15,17-21H2,1H3. The van der Waals surface area contributed by atoms with E-state index in [4.69, 9.17) is 14.2 Å². The monoisotopic (exact) mass is 483 g/mol. The van der Waals surface area contributed by atoms with Crippen LogP contribution in [-0.4, -0.2) is 111 Å². The fraction of sp³-hybridized carbons (Fsp3) is 0.519. The number of methoxy groups -OCH3 is 1. The van der Waals surface area contributed by atoms with Crippen molar-refractivity contribution >= 4 is 5.91 Å². The van der Waals surface area contributed by atoms with Crippen LogP contribution >= 0.6 is 0 Å². The number of β-amino-alcohol motifs (C(OH)–C–C–N with tert-alkyl or cyclic N) is 1. The van der Waals surface area contributed by atoms with E-state index >= 15 is 0 Å². The van der Waals surface area contributed by atoms with E-state index in [1.165, 1.54) is 0 Å². The van der Waals surface area contributed by atoms with Crippen LogP contribution in [0.5, 0.6) is 5.75 Å². The molecule has 2 aliphatic heterocycles. The van der Waals surface area contributed by atoms with Gasteiger partial charge in [-0.1, -0.05) is 36.4 Å². The van der Waals surface area contributed by atoms with Crippen LogP contribution in [0.2, 0.25) is 0 Å². The molecule has 0 radical (unpaired) electrons. The lowest BCUT2D eigenvalue weighted by Crippen LogP contribution is -2.54. The number of aliphatic hydroxyl groups is 1. The number of ether oxygens (including phenoxy) is 3. The topological polar surface area (TPSA) is 74.7 Å². The molecule has 35 heavy (non-hydrogen) atoms. The van der Waals surface area contributed by atoms with Crippen LogP contribution in [0.4, 0.5) is 0 Å². The molecule has 0 aliphatic carbocycles. The number of piperazine rings is 1. The maximum absolute atomic E-state index is 12.9. The SMILES string of the molecule is COc1cccc(C(=O)N2CCN(CC3CN(CC(O)COCc4ccccc4)CCO3)CC2)c1. The number of amides is 1. The van der Waals surface area contributed by atoms with Gasteiger partial charge in [0.1, 0.15) is 5.75 Å². The minimum absolute atomic E-state index is 0.0483. The molecule has 2 fully saturated rings. The van der Waals surface area contributed by atoms with E-state index in [-0.39, 0.29) is 12.0 Å². The molecule has 0 aromatic heterocycles. The number of carbonyl (C=O) groups excluding carboxylic acids is 1. The highest BCUT2D eigenvalue weighted by Gasteiger charge is 2.27. The number of aliphatic hydroxyl groups excluding tert-OH is 1. The molecule has 1 amide bonds. The lowest BCUT2D eigenvalue weighted by molar-refractivity contribution is -0.0644. The number of hydrogen-bond acceptors (Lipinski definition) is 7. The van der Waals surface area contributed by atoms with Crippen molar-refractivity contribution in [1.29, 1.82) is 0 Å². The summed E-state index contributed by atoms with van der Waals surface area (Å²) in [7, 11) is 1.61. The van der Waals surface area contributed by atoms with Gasteiger partial charge in [-0.3, -0.25) is 14.6 Å². The Bertz CT molecular complexity index is 920. The third kappa shape index (κ3) is 7.75. The summed E-state index contributed by atoms with van der Waals surface area (Å²) in [5.74, 6) is 0.744. The van der Waals surface area contributed by atoms with Crippen LogP contribution in [0.3, 0.4) is 0 Å². The zero-order valence-electron chi connectivity index (χ0n) is 20.6. The third-order valence-electron chi connectivity index (χ3n) is 6.55. The smallest absolute Gasteiger partial charge is 0.254 e. The minimum Gasteiger partial charge on any atom is -0.497 e. The van der Waals surface area contributed by atoms with E-state index < -0.39 is 6.10 Å². The average Bonchev–Trinajstić information content (AvgIpc) is 2.89. The second-order valence-corrected chi connectivity index (χ2v) is 9.23. The normalized spacial score (nSPS) is 20.5. The number of carbonyl (C=O) groups is 1. The van der Waals surface area contributed by atoms with Crippen molar-refractivity contribution in [2.45, 2.75) is 18.8 Å². The summed E-state index contributed by atoms with van der Waals surface area (Å²) in [5, 5.41) is 10.4. The first-order valence-corrected chi connectivity index (χ1v) is 12.4. The van der Waals surface area contributed by atoms with E-state index in [0.29, 0.717) is 50.8 Å². The maximum atomic E-state index is 12.9. The summed E-state index contributed by atoms with van der Waals surface area (Å²) in [6.45, 7) is 7.56. The average molecular weight is 484 g/mol. The van der Waals surface area contributed by atoms with Crippen LogP contribution in [-0.2, 0) is 16.1 Å². The van der Waals surface area contributed by atoms with Crippen molar-refractivity contribution in [2.75, 3.05) is 72.7 Å². The van der Waals surface area contributed by atoms with E-state index in [1.54, 1.807) is 13.2 Å². The summed E-state index contributed by atoms with van der Waals surface area (Å²) in [6, 6.07) is 17.3. The summed E-state index contributed by atoms with van der Waals surface area (Å²) >= 11 is 0. The quantitative estimate of drug-likeness (QED) is 0.552. The molecule has 0 spiro atoms. The van der Waals surface area contributed by atoms with Gasteiger partial charge in [0.2, 0.25) is 0 Å². The van der Waals surface area contributed by atoms with Crippen LogP contribution in [0.25, 0.3) is 0 Å². The van der Waals surface area contributed by atoms with Gasteiger partial charge in [-0.25, -0.2) is 0 Å². The van der Waals surface area contributed by atoms with Gasteiger partial charge in [0.05, 0.1) is 39.1 Å². The summed E-state index contributed by atoms with van der Waals surface area (Å²) < 4.78 is 16.9. The van der Waals surface area contributed by atoms with Gasteiger partial charge in [-0.2, -0.15) is 0 Å². The molecule has 2 aromatic carbocycles. The molecule has 0 saturated carbocycles. The van der Waals surface area contributed by atoms with Crippen molar-refractivity contribution in [3.63, 3.8) is 0 Å². The molecule has 8 heteroatoms. The fourth-order valence-electron chi connectivity index (χ4n) is 4.65. The van der Waals surface area contributed by atoms with Gasteiger partial charge >= 0.3 is 0 Å². The number of benzene rings is 2. The molecule has 8 nitrogen and oxygen atoms in total. The molecular weight excluding hydrogens is 446 g/mol. The molecular formula is C27H37N3O5. The fourth-order valence-corrected chi connectivity index (χ4v) is 4.65. The molecule has 190 valence electrons. The Morgan fingerprint density at radius 3 is 2.63 bits per heavy atom. The molecule has 4 rings (SSSR count). The van der Waals surface area contributed by atoms with Crippen molar-refractivity contribution in [3.8, 4) is 5.75 Å². The molecule has 2 saturated heterocycles. The molecule has 2 unspecified atom stereocenters. The number of rotatable bonds is 10. The minimum atomic E-state index is -0.524. The Hall–Kier alpha value is -2.49. The van der Waals surface area contributed by atoms with Crippen molar-refractivity contribution in [1.82, 2.24) is 14.7 Å². The molecule has 1 N–H and O–H groups in total. The maximum Gasteiger partial charge on any atom is 0.254 e. The highest BCUT2D eigenvalue weighted by Crippen LogP contribution is 2.16. The van der Waals surface area contributed by atoms with Gasteiger partial charge in [-0.15, -0.1) is 0 Å². The highest BCUT2D eigenvalue weighted by molar-refractivity contribution is 5.94. The number of hydrogen-bond donors (Lipinski definition) is 1. The second-order valence-electron chi connectivity index (χ2n) is 9.23. The Balaban J connectivity index is 1.16. The first kappa shape index (κ1) is 25.6. The number of nitrogens with zero attached hydrogens (tertiary/aromatic N) is 3. The molecule has 2 atom stereocenters. The van der Waals surface area contributed by atoms with Crippen molar-refractivity contribution in [3.05, 3.63) is 65.7 Å². The Morgan fingerprint density at radius 2 is 1.86 bits per heavy atom. The van der Waals surface area contributed by atoms with Crippen LogP contribution in [0.1, 0.15) is 15.9 Å². The third-order valence-corrected chi connectivity index (χ3v) is 6.55. The highest BCUT2D eigenvalue weighted by atomic mass is 16.5. The molecule has 2 heterocycles. The van der Waals surface area contributed by atoms with Gasteiger partial charge < -0.3 is 24.2 Å². The van der Waals surface area contributed by atoms with Crippen molar-refractivity contribution < 1.29 is 24.1 Å². The molecule has 2 aliphatic rings. The Morgan fingerprint density at radius 1 is 1.06 bits per heavy atom. The lowest BCUT2D eigenvalue weighted by Gasteiger charge is -2.39. The largest absolute Gasteiger partial charge is 0.497 e. The van der Waals surface area contributed by atoms with Crippen LogP contribution in [0, 0.1) is 0 Å². The van der Waals surface area contributed by atoms with Gasteiger partial charge in [0.15, 0.2) is 0 Å². The lowest BCUT2D eigenvalue weighted by atomic mass is 10.1. The molecule has 0 bridgehead atoms. The Labute approximate surface area is 208 Å². The van der Waals surface area contributed by atoms with Crippen LogP contribution < -0.4 is 4.74 Å². The van der Waals surface area contributed by atoms with Gasteiger partial charge in [0, 0.05) is 57.9 Å². The zero-order valence-corrected chi connectivity index (χ0v) is 20.6. The zero-order chi connectivity index (χ0) is 24.5. The first-order valence-electron chi connectivity index (χ1n) is 12.4. The summed E-state index contributed by atoms with van der Waals surface area (Å²) in [5.41, 5.74) is 1.77. The van der Waals surface area contributed by atoms with Crippen molar-refractivity contribution in [2.24, 2.45) is 0 Å². The van der Waals surface area contributed by atoms with Crippen LogP contribution in [0.15, 0.2) is 54.6 Å². The summed E-state index contributed by atoms with van der Waals surface area (Å²) in [4.78, 5) is 19.4. The van der Waals surface area contributed by atoms with Gasteiger partial charge in [-0.05, 0) is 23.8 Å². The summed E-state index contributed by atoms with van der Waals surface area (Å²) in [6.07, 6.45) is -0.426. The predicted molar refractivity (Wildman–Crippen MR) is 134 cm³/mol.